The first-order chi connectivity index (χ1) is 9.70. The number of carbonyl (C=O) groups excluding carboxylic acids is 2. The summed E-state index contributed by atoms with van der Waals surface area (Å²) in [4.78, 5) is 25.6. The van der Waals surface area contributed by atoms with Crippen LogP contribution in [0.25, 0.3) is 0 Å². The van der Waals surface area contributed by atoms with Gasteiger partial charge in [0, 0.05) is 32.8 Å². The SMILES string of the molecule is COCC(=O)N1CCC(NC(=O)[C@@H]2CCCNC2)CC1. The zero-order valence-electron chi connectivity index (χ0n) is 12.2. The minimum Gasteiger partial charge on any atom is -0.375 e. The normalized spacial score (nSPS) is 24.4. The zero-order valence-corrected chi connectivity index (χ0v) is 12.2. The van der Waals surface area contributed by atoms with Crippen molar-refractivity contribution in [3.63, 3.8) is 0 Å². The molecule has 0 aromatic rings. The van der Waals surface area contributed by atoms with Crippen molar-refractivity contribution in [2.45, 2.75) is 31.7 Å². The number of methoxy groups -OCH3 is 1. The topological polar surface area (TPSA) is 70.7 Å². The van der Waals surface area contributed by atoms with Crippen LogP contribution in [-0.2, 0) is 14.3 Å². The molecule has 0 aromatic carbocycles. The Morgan fingerprint density at radius 1 is 1.30 bits per heavy atom. The van der Waals surface area contributed by atoms with Crippen LogP contribution < -0.4 is 10.6 Å². The lowest BCUT2D eigenvalue weighted by molar-refractivity contribution is -0.136. The van der Waals surface area contributed by atoms with Crippen LogP contribution in [0.5, 0.6) is 0 Å². The number of nitrogens with zero attached hydrogens (tertiary/aromatic N) is 1. The average Bonchev–Trinajstić information content (AvgIpc) is 2.49. The molecule has 0 spiro atoms. The quantitative estimate of drug-likeness (QED) is 0.746. The van der Waals surface area contributed by atoms with Gasteiger partial charge in [0.1, 0.15) is 6.61 Å². The highest BCUT2D eigenvalue weighted by atomic mass is 16.5. The van der Waals surface area contributed by atoms with Crippen molar-refractivity contribution in [3.8, 4) is 0 Å². The molecule has 0 radical (unpaired) electrons. The molecular weight excluding hydrogens is 258 g/mol. The first-order valence-corrected chi connectivity index (χ1v) is 7.48. The van der Waals surface area contributed by atoms with Crippen molar-refractivity contribution < 1.29 is 14.3 Å². The van der Waals surface area contributed by atoms with Gasteiger partial charge in [-0.15, -0.1) is 0 Å². The minimum absolute atomic E-state index is 0.0359. The fourth-order valence-electron chi connectivity index (χ4n) is 2.88. The van der Waals surface area contributed by atoms with Gasteiger partial charge >= 0.3 is 0 Å². The van der Waals surface area contributed by atoms with E-state index in [4.69, 9.17) is 4.74 Å². The van der Waals surface area contributed by atoms with E-state index < -0.39 is 0 Å². The maximum atomic E-state index is 12.1. The molecular formula is C14H25N3O3. The van der Waals surface area contributed by atoms with Gasteiger partial charge in [0.15, 0.2) is 0 Å². The Morgan fingerprint density at radius 2 is 2.05 bits per heavy atom. The number of ether oxygens (including phenoxy) is 1. The summed E-state index contributed by atoms with van der Waals surface area (Å²) >= 11 is 0. The van der Waals surface area contributed by atoms with Gasteiger partial charge in [0.2, 0.25) is 11.8 Å². The zero-order chi connectivity index (χ0) is 14.4. The first kappa shape index (κ1) is 15.3. The number of hydrogen-bond acceptors (Lipinski definition) is 4. The molecule has 2 amide bonds. The van der Waals surface area contributed by atoms with Crippen molar-refractivity contribution in [1.29, 1.82) is 0 Å². The van der Waals surface area contributed by atoms with E-state index in [2.05, 4.69) is 10.6 Å². The Kier molecular flexibility index (Phi) is 5.79. The van der Waals surface area contributed by atoms with E-state index in [-0.39, 0.29) is 30.4 Å². The average molecular weight is 283 g/mol. The molecule has 6 nitrogen and oxygen atoms in total. The summed E-state index contributed by atoms with van der Waals surface area (Å²) in [5, 5.41) is 6.39. The number of amides is 2. The molecule has 2 fully saturated rings. The number of nitrogens with one attached hydrogen (secondary N) is 2. The van der Waals surface area contributed by atoms with Gasteiger partial charge in [0.25, 0.3) is 0 Å². The van der Waals surface area contributed by atoms with E-state index >= 15 is 0 Å². The molecule has 1 atom stereocenters. The van der Waals surface area contributed by atoms with Crippen LogP contribution in [0.3, 0.4) is 0 Å². The van der Waals surface area contributed by atoms with Gasteiger partial charge in [0.05, 0.1) is 5.92 Å². The summed E-state index contributed by atoms with van der Waals surface area (Å²) in [5.74, 6) is 0.310. The predicted octanol–water partition coefficient (Wildman–Crippen LogP) is -0.260. The number of likely N-dealkylation sites (tertiary alicyclic amines) is 1. The van der Waals surface area contributed by atoms with E-state index in [1.165, 1.54) is 7.11 Å². The Bertz CT molecular complexity index is 335. The molecule has 6 heteroatoms. The second-order valence-electron chi connectivity index (χ2n) is 5.64. The van der Waals surface area contributed by atoms with E-state index in [0.29, 0.717) is 13.1 Å². The van der Waals surface area contributed by atoms with E-state index in [0.717, 1.165) is 38.8 Å². The smallest absolute Gasteiger partial charge is 0.248 e. The molecule has 2 saturated heterocycles. The third-order valence-electron chi connectivity index (χ3n) is 4.13. The van der Waals surface area contributed by atoms with Crippen LogP contribution in [0.15, 0.2) is 0 Å². The molecule has 20 heavy (non-hydrogen) atoms. The van der Waals surface area contributed by atoms with E-state index in [1.807, 2.05) is 4.90 Å². The number of rotatable bonds is 4. The second kappa shape index (κ2) is 7.59. The summed E-state index contributed by atoms with van der Waals surface area (Å²) < 4.78 is 4.86. The highest BCUT2D eigenvalue weighted by Crippen LogP contribution is 2.14. The third-order valence-corrected chi connectivity index (χ3v) is 4.13. The Hall–Kier alpha value is -1.14. The van der Waals surface area contributed by atoms with E-state index in [9.17, 15) is 9.59 Å². The van der Waals surface area contributed by atoms with Crippen LogP contribution in [-0.4, -0.2) is 62.7 Å². The lowest BCUT2D eigenvalue weighted by Crippen LogP contribution is -2.50. The molecule has 0 unspecified atom stereocenters. The van der Waals surface area contributed by atoms with Gasteiger partial charge in [-0.05, 0) is 32.2 Å². The summed E-state index contributed by atoms with van der Waals surface area (Å²) in [6.07, 6.45) is 3.72. The molecule has 0 aliphatic carbocycles. The van der Waals surface area contributed by atoms with Gasteiger partial charge in [-0.2, -0.15) is 0 Å². The lowest BCUT2D eigenvalue weighted by atomic mass is 9.97. The van der Waals surface area contributed by atoms with E-state index in [1.54, 1.807) is 0 Å². The second-order valence-corrected chi connectivity index (χ2v) is 5.64. The predicted molar refractivity (Wildman–Crippen MR) is 75.2 cm³/mol. The summed E-state index contributed by atoms with van der Waals surface area (Å²) in [5.41, 5.74) is 0. The maximum absolute atomic E-state index is 12.1. The fraction of sp³-hybridized carbons (Fsp3) is 0.857. The molecule has 2 aliphatic heterocycles. The maximum Gasteiger partial charge on any atom is 0.248 e. The van der Waals surface area contributed by atoms with Gasteiger partial charge in [-0.25, -0.2) is 0 Å². The molecule has 0 saturated carbocycles. The molecule has 2 aliphatic rings. The third kappa shape index (κ3) is 4.18. The van der Waals surface area contributed by atoms with Crippen molar-refractivity contribution in [3.05, 3.63) is 0 Å². The Labute approximate surface area is 120 Å². The number of carbonyl (C=O) groups is 2. The Balaban J connectivity index is 1.71. The van der Waals surface area contributed by atoms with Crippen molar-refractivity contribution in [1.82, 2.24) is 15.5 Å². The van der Waals surface area contributed by atoms with Crippen LogP contribution in [0.4, 0.5) is 0 Å². The first-order valence-electron chi connectivity index (χ1n) is 7.48. The molecule has 114 valence electrons. The molecule has 2 N–H and O–H groups in total. The summed E-state index contributed by atoms with van der Waals surface area (Å²) in [7, 11) is 1.53. The highest BCUT2D eigenvalue weighted by Gasteiger charge is 2.27. The van der Waals surface area contributed by atoms with Gasteiger partial charge < -0.3 is 20.3 Å². The highest BCUT2D eigenvalue weighted by molar-refractivity contribution is 5.79. The monoisotopic (exact) mass is 283 g/mol. The minimum atomic E-state index is 0.0359. The van der Waals surface area contributed by atoms with Crippen molar-refractivity contribution >= 4 is 11.8 Å². The largest absolute Gasteiger partial charge is 0.375 e. The molecule has 0 aromatic heterocycles. The number of piperidine rings is 2. The van der Waals surface area contributed by atoms with Crippen molar-refractivity contribution in [2.24, 2.45) is 5.92 Å². The van der Waals surface area contributed by atoms with Gasteiger partial charge in [-0.3, -0.25) is 9.59 Å². The van der Waals surface area contributed by atoms with Crippen LogP contribution in [0.1, 0.15) is 25.7 Å². The van der Waals surface area contributed by atoms with Crippen LogP contribution in [0.2, 0.25) is 0 Å². The van der Waals surface area contributed by atoms with Gasteiger partial charge in [-0.1, -0.05) is 0 Å². The lowest BCUT2D eigenvalue weighted by Gasteiger charge is -2.33. The molecule has 2 rings (SSSR count). The fourth-order valence-corrected chi connectivity index (χ4v) is 2.88. The summed E-state index contributed by atoms with van der Waals surface area (Å²) in [6.45, 7) is 3.36. The summed E-state index contributed by atoms with van der Waals surface area (Å²) in [6, 6.07) is 0.205. The molecule has 0 bridgehead atoms. The van der Waals surface area contributed by atoms with Crippen LogP contribution >= 0.6 is 0 Å². The molecule has 2 heterocycles. The van der Waals surface area contributed by atoms with Crippen LogP contribution in [0, 0.1) is 5.92 Å². The number of hydrogen-bond donors (Lipinski definition) is 2. The Morgan fingerprint density at radius 3 is 2.65 bits per heavy atom. The standard InChI is InChI=1S/C14H25N3O3/c1-20-10-13(18)17-7-4-12(5-8-17)16-14(19)11-3-2-6-15-9-11/h11-12,15H,2-10H2,1H3,(H,16,19)/t11-/m1/s1. The van der Waals surface area contributed by atoms with Crippen molar-refractivity contribution in [2.75, 3.05) is 39.9 Å².